The van der Waals surface area contributed by atoms with E-state index in [1.54, 1.807) is 44.5 Å². The normalized spacial score (nSPS) is 9.53. The fourth-order valence-corrected chi connectivity index (χ4v) is 0.905. The minimum Gasteiger partial charge on any atom is -0.356 e. The van der Waals surface area contributed by atoms with Crippen LogP contribution in [0, 0.1) is 0 Å². The zero-order valence-corrected chi connectivity index (χ0v) is 20.4. The first-order valence-electron chi connectivity index (χ1n) is 9.60. The molecular weight excluding hydrogens is 380 g/mol. The highest BCUT2D eigenvalue weighted by molar-refractivity contribution is 5.87. The number of amides is 2. The molecule has 0 bridgehead atoms. The first kappa shape index (κ1) is 37.7. The molecule has 0 fully saturated rings. The molecule has 0 unspecified atom stereocenters. The van der Waals surface area contributed by atoms with Crippen molar-refractivity contribution in [3.8, 4) is 0 Å². The Morgan fingerprint density at radius 1 is 0.567 bits per heavy atom. The maximum absolute atomic E-state index is 10.2. The lowest BCUT2D eigenvalue weighted by molar-refractivity contribution is -0.118. The number of hydrogen-bond donors (Lipinski definition) is 2. The van der Waals surface area contributed by atoms with E-state index >= 15 is 0 Å². The molecule has 0 atom stereocenters. The maximum atomic E-state index is 10.2. The lowest BCUT2D eigenvalue weighted by Crippen LogP contribution is -2.13. The zero-order valence-electron chi connectivity index (χ0n) is 20.4. The van der Waals surface area contributed by atoms with Gasteiger partial charge < -0.3 is 10.6 Å². The number of carbonyl (C=O) groups is 4. The molecule has 2 N–H and O–H groups in total. The third kappa shape index (κ3) is 85.3. The lowest BCUT2D eigenvalue weighted by atomic mass is 10.4. The van der Waals surface area contributed by atoms with Crippen LogP contribution in [0.5, 0.6) is 0 Å². The first-order valence-corrected chi connectivity index (χ1v) is 9.60. The second-order valence-electron chi connectivity index (χ2n) is 5.20. The molecule has 0 aromatic heterocycles. The van der Waals surface area contributed by atoms with Crippen LogP contribution in [-0.2, 0) is 19.2 Å². The van der Waals surface area contributed by atoms with Crippen LogP contribution in [0.1, 0.15) is 62.3 Å². The number of nitrogens with one attached hydrogen (secondary N) is 2. The predicted octanol–water partition coefficient (Wildman–Crippen LogP) is 4.85. The largest absolute Gasteiger partial charge is 0.356 e. The van der Waals surface area contributed by atoms with Gasteiger partial charge in [-0.25, -0.2) is 0 Å². The summed E-state index contributed by atoms with van der Waals surface area (Å²) >= 11 is 0. The average molecular weight is 423 g/mol. The summed E-state index contributed by atoms with van der Waals surface area (Å²) in [6.07, 6.45) is 17.0. The Hall–Kier alpha value is -3.02. The van der Waals surface area contributed by atoms with Gasteiger partial charge in [0, 0.05) is 14.0 Å². The second kappa shape index (κ2) is 36.8. The van der Waals surface area contributed by atoms with Gasteiger partial charge in [0.15, 0.2) is 11.6 Å². The number of rotatable bonds is 4. The van der Waals surface area contributed by atoms with E-state index in [9.17, 15) is 19.2 Å². The third-order valence-corrected chi connectivity index (χ3v) is 2.15. The number of allylic oxidation sites excluding steroid dienone is 8. The maximum Gasteiger partial charge on any atom is 0.243 e. The number of likely N-dealkylation sites (N-methyl/N-ethyl adjacent to an activating group) is 1. The van der Waals surface area contributed by atoms with E-state index in [1.807, 2.05) is 46.8 Å². The van der Waals surface area contributed by atoms with Crippen molar-refractivity contribution in [2.75, 3.05) is 7.05 Å². The van der Waals surface area contributed by atoms with Crippen LogP contribution in [0.4, 0.5) is 0 Å². The van der Waals surface area contributed by atoms with Crippen molar-refractivity contribution in [2.45, 2.75) is 62.3 Å². The Morgan fingerprint density at radius 3 is 1.00 bits per heavy atom. The van der Waals surface area contributed by atoms with Gasteiger partial charge >= 0.3 is 0 Å². The summed E-state index contributed by atoms with van der Waals surface area (Å²) in [6, 6.07) is 0. The van der Waals surface area contributed by atoms with Crippen molar-refractivity contribution >= 4 is 23.4 Å². The van der Waals surface area contributed by atoms with Crippen molar-refractivity contribution in [2.24, 2.45) is 0 Å². The van der Waals surface area contributed by atoms with Gasteiger partial charge in [-0.3, -0.25) is 19.2 Å². The van der Waals surface area contributed by atoms with Gasteiger partial charge in [0.05, 0.1) is 0 Å². The minimum absolute atomic E-state index is 0.0295. The Bertz CT molecular complexity index is 544. The van der Waals surface area contributed by atoms with Crippen molar-refractivity contribution in [3.63, 3.8) is 0 Å². The van der Waals surface area contributed by atoms with Gasteiger partial charge in [0.25, 0.3) is 0 Å². The first-order chi connectivity index (χ1) is 14.0. The van der Waals surface area contributed by atoms with Crippen LogP contribution in [-0.4, -0.2) is 30.4 Å². The summed E-state index contributed by atoms with van der Waals surface area (Å²) in [6.45, 7) is 15.8. The number of ketones is 2. The molecule has 0 aromatic carbocycles. The summed E-state index contributed by atoms with van der Waals surface area (Å²) in [5.74, 6) is 0.135. The molecular formula is C24H42N2O4. The van der Waals surface area contributed by atoms with Crippen LogP contribution in [0.25, 0.3) is 0 Å². The smallest absolute Gasteiger partial charge is 0.243 e. The molecule has 0 aliphatic heterocycles. The highest BCUT2D eigenvalue weighted by Crippen LogP contribution is 1.70. The van der Waals surface area contributed by atoms with Gasteiger partial charge in [-0.2, -0.15) is 0 Å². The molecule has 0 saturated heterocycles. The molecule has 172 valence electrons. The van der Waals surface area contributed by atoms with E-state index in [0.29, 0.717) is 0 Å². The van der Waals surface area contributed by atoms with Crippen molar-refractivity contribution in [1.82, 2.24) is 10.6 Å². The standard InChI is InChI=1S/2C5H9NO.2C5H8O.C4H8/c1-3-4-5(7)6-2;1-3-4-6-5(2)7;2*1-3-4-5(2)6;1-3-4-2/h2*3-4H,1-2H3,(H,6,7);2*3-4H,1-2H3;3-4H,1-2H3/b5*4-3+. The SMILES string of the molecule is C/C=C/C.C/C=C/C(=O)NC.C/C=C/C(C)=O.C/C=C/C(C)=O.C/C=C/NC(C)=O. The van der Waals surface area contributed by atoms with E-state index in [-0.39, 0.29) is 23.4 Å². The van der Waals surface area contributed by atoms with Crippen LogP contribution < -0.4 is 10.6 Å². The Morgan fingerprint density at radius 2 is 0.933 bits per heavy atom. The van der Waals surface area contributed by atoms with E-state index in [0.717, 1.165) is 0 Å². The number of hydrogen-bond acceptors (Lipinski definition) is 4. The molecule has 0 aliphatic rings. The van der Waals surface area contributed by atoms with E-state index in [4.69, 9.17) is 0 Å². The van der Waals surface area contributed by atoms with E-state index < -0.39 is 0 Å². The van der Waals surface area contributed by atoms with Gasteiger partial charge in [0.2, 0.25) is 11.8 Å². The number of carbonyl (C=O) groups excluding carboxylic acids is 4. The topological polar surface area (TPSA) is 92.3 Å². The molecule has 0 spiro atoms. The molecule has 6 nitrogen and oxygen atoms in total. The molecule has 0 radical (unpaired) electrons. The predicted molar refractivity (Wildman–Crippen MR) is 129 cm³/mol. The Kier molecular flexibility index (Phi) is 46.3. The molecule has 0 aromatic rings. The van der Waals surface area contributed by atoms with Gasteiger partial charge in [-0.1, -0.05) is 36.5 Å². The van der Waals surface area contributed by atoms with Crippen LogP contribution in [0.2, 0.25) is 0 Å². The summed E-state index contributed by atoms with van der Waals surface area (Å²) in [7, 11) is 1.60. The van der Waals surface area contributed by atoms with Gasteiger partial charge in [0.1, 0.15) is 0 Å². The highest BCUT2D eigenvalue weighted by Gasteiger charge is 1.81. The molecule has 2 amide bonds. The molecule has 0 heterocycles. The Balaban J connectivity index is -0.0000000878. The highest BCUT2D eigenvalue weighted by atomic mass is 16.2. The molecule has 0 aliphatic carbocycles. The van der Waals surface area contributed by atoms with Crippen LogP contribution in [0.3, 0.4) is 0 Å². The molecule has 30 heavy (non-hydrogen) atoms. The fourth-order valence-electron chi connectivity index (χ4n) is 0.905. The van der Waals surface area contributed by atoms with Crippen molar-refractivity contribution in [1.29, 1.82) is 0 Å². The summed E-state index contributed by atoms with van der Waals surface area (Å²) in [5.41, 5.74) is 0. The molecule has 0 saturated carbocycles. The quantitative estimate of drug-likeness (QED) is 0.500. The van der Waals surface area contributed by atoms with Crippen LogP contribution >= 0.6 is 0 Å². The van der Waals surface area contributed by atoms with E-state index in [2.05, 4.69) is 10.6 Å². The monoisotopic (exact) mass is 422 g/mol. The average Bonchev–Trinajstić information content (AvgIpc) is 2.68. The van der Waals surface area contributed by atoms with Gasteiger partial charge in [-0.15, -0.1) is 0 Å². The summed E-state index contributed by atoms with van der Waals surface area (Å²) in [5, 5.41) is 4.92. The third-order valence-electron chi connectivity index (χ3n) is 2.15. The Labute approximate surface area is 183 Å². The fraction of sp³-hybridized carbons (Fsp3) is 0.417. The summed E-state index contributed by atoms with van der Waals surface area (Å²) in [4.78, 5) is 40.2. The van der Waals surface area contributed by atoms with Crippen molar-refractivity contribution in [3.05, 3.63) is 60.9 Å². The zero-order chi connectivity index (χ0) is 24.8. The lowest BCUT2D eigenvalue weighted by Gasteiger charge is -1.85. The molecule has 6 heteroatoms. The minimum atomic E-state index is -0.0532. The van der Waals surface area contributed by atoms with Crippen LogP contribution in [0.15, 0.2) is 60.9 Å². The van der Waals surface area contributed by atoms with Gasteiger partial charge in [-0.05, 0) is 79.8 Å². The van der Waals surface area contributed by atoms with E-state index in [1.165, 1.54) is 39.0 Å². The second-order valence-corrected chi connectivity index (χ2v) is 5.20. The summed E-state index contributed by atoms with van der Waals surface area (Å²) < 4.78 is 0. The van der Waals surface area contributed by atoms with Crippen molar-refractivity contribution < 1.29 is 19.2 Å². The molecule has 0 rings (SSSR count).